The van der Waals surface area contributed by atoms with Crippen molar-refractivity contribution in [3.05, 3.63) is 65.7 Å². The minimum atomic E-state index is -0.949. The Hall–Kier alpha value is -2.41. The third kappa shape index (κ3) is 7.03. The Balaban J connectivity index is 1.24. The fourth-order valence-electron chi connectivity index (χ4n) is 5.09. The van der Waals surface area contributed by atoms with Crippen LogP contribution >= 0.6 is 0 Å². The van der Waals surface area contributed by atoms with Gasteiger partial charge in [-0.25, -0.2) is 4.79 Å². The van der Waals surface area contributed by atoms with Crippen LogP contribution in [0.3, 0.4) is 0 Å². The van der Waals surface area contributed by atoms with Crippen molar-refractivity contribution in [1.82, 2.24) is 10.6 Å². The highest BCUT2D eigenvalue weighted by Crippen LogP contribution is 2.38. The molecule has 6 nitrogen and oxygen atoms in total. The third-order valence-corrected chi connectivity index (χ3v) is 6.89. The number of ether oxygens (including phenoxy) is 2. The number of hydrogen-bond donors (Lipinski definition) is 3. The molecule has 1 saturated heterocycles. The first-order chi connectivity index (χ1) is 16.2. The molecule has 2 atom stereocenters. The first-order valence-electron chi connectivity index (χ1n) is 12.2. The molecule has 2 aliphatic rings. The molecule has 0 radical (unpaired) electrons. The van der Waals surface area contributed by atoms with Gasteiger partial charge in [0.2, 0.25) is 0 Å². The minimum Gasteiger partial charge on any atom is -0.482 e. The first kappa shape index (κ1) is 23.7. The summed E-state index contributed by atoms with van der Waals surface area (Å²) in [7, 11) is 0. The molecular weight excluding hydrogens is 416 g/mol. The lowest BCUT2D eigenvalue weighted by molar-refractivity contribution is -0.139. The number of carboxylic acids is 1. The summed E-state index contributed by atoms with van der Waals surface area (Å²) in [6.07, 6.45) is 6.76. The largest absolute Gasteiger partial charge is 0.482 e. The van der Waals surface area contributed by atoms with Gasteiger partial charge in [-0.2, -0.15) is 0 Å². The standard InChI is InChI=1S/C27H36N2O4/c30-27(31)19-33-26-11-5-4-9-23(26)21-12-14-22(15-13-21)32-18-25-24(10-6-16-28-25)29-17-20-7-2-1-3-8-20/h1-5,7-9,11,21-22,24-25,28-29H,6,10,12-19H2,(H,30,31)/t21?,22?,24-,25-/m0/s1. The van der Waals surface area contributed by atoms with Gasteiger partial charge in [0.15, 0.2) is 6.61 Å². The molecule has 1 aliphatic carbocycles. The highest BCUT2D eigenvalue weighted by molar-refractivity contribution is 5.68. The van der Waals surface area contributed by atoms with Crippen LogP contribution in [-0.2, 0) is 16.1 Å². The number of rotatable bonds is 10. The van der Waals surface area contributed by atoms with E-state index in [0.717, 1.165) is 50.9 Å². The second-order valence-electron chi connectivity index (χ2n) is 9.20. The van der Waals surface area contributed by atoms with Crippen molar-refractivity contribution < 1.29 is 19.4 Å². The van der Waals surface area contributed by atoms with Gasteiger partial charge >= 0.3 is 5.97 Å². The van der Waals surface area contributed by atoms with E-state index in [0.29, 0.717) is 23.8 Å². The third-order valence-electron chi connectivity index (χ3n) is 6.89. The smallest absolute Gasteiger partial charge is 0.341 e. The molecule has 2 aromatic carbocycles. The fraction of sp³-hybridized carbons (Fsp3) is 0.519. The van der Waals surface area contributed by atoms with E-state index in [-0.39, 0.29) is 12.7 Å². The van der Waals surface area contributed by atoms with E-state index in [2.05, 4.69) is 47.0 Å². The number of hydrogen-bond acceptors (Lipinski definition) is 5. The molecule has 178 valence electrons. The van der Waals surface area contributed by atoms with Crippen LogP contribution in [0, 0.1) is 0 Å². The summed E-state index contributed by atoms with van der Waals surface area (Å²) in [4.78, 5) is 10.9. The van der Waals surface area contributed by atoms with Gasteiger partial charge in [0.1, 0.15) is 5.75 Å². The molecule has 2 fully saturated rings. The molecule has 33 heavy (non-hydrogen) atoms. The van der Waals surface area contributed by atoms with Gasteiger partial charge in [-0.1, -0.05) is 48.5 Å². The van der Waals surface area contributed by atoms with E-state index in [1.165, 1.54) is 18.4 Å². The summed E-state index contributed by atoms with van der Waals surface area (Å²) >= 11 is 0. The monoisotopic (exact) mass is 452 g/mol. The topological polar surface area (TPSA) is 79.8 Å². The molecule has 1 saturated carbocycles. The SMILES string of the molecule is O=C(O)COc1ccccc1C1CCC(OC[C@@H]2NCCC[C@@H]2NCc2ccccc2)CC1. The van der Waals surface area contributed by atoms with Crippen molar-refractivity contribution >= 4 is 5.97 Å². The van der Waals surface area contributed by atoms with Gasteiger partial charge in [-0.3, -0.25) is 0 Å². The van der Waals surface area contributed by atoms with E-state index in [1.807, 2.05) is 18.2 Å². The fourth-order valence-corrected chi connectivity index (χ4v) is 5.09. The van der Waals surface area contributed by atoms with Crippen LogP contribution in [0.4, 0.5) is 0 Å². The Morgan fingerprint density at radius 3 is 2.55 bits per heavy atom. The molecule has 2 aromatic rings. The Kier molecular flexibility index (Phi) is 8.75. The van der Waals surface area contributed by atoms with Crippen molar-refractivity contribution in [2.75, 3.05) is 19.8 Å². The zero-order valence-corrected chi connectivity index (χ0v) is 19.2. The number of carboxylic acid groups (broad SMARTS) is 1. The molecule has 0 spiro atoms. The molecule has 0 amide bonds. The van der Waals surface area contributed by atoms with Crippen molar-refractivity contribution in [3.8, 4) is 5.75 Å². The molecule has 0 aromatic heterocycles. The maximum atomic E-state index is 10.9. The summed E-state index contributed by atoms with van der Waals surface area (Å²) in [5, 5.41) is 16.3. The van der Waals surface area contributed by atoms with Gasteiger partial charge in [-0.15, -0.1) is 0 Å². The van der Waals surface area contributed by atoms with Crippen LogP contribution in [0.5, 0.6) is 5.75 Å². The van der Waals surface area contributed by atoms with Crippen molar-refractivity contribution in [2.24, 2.45) is 0 Å². The van der Waals surface area contributed by atoms with Crippen LogP contribution in [-0.4, -0.2) is 49.0 Å². The van der Waals surface area contributed by atoms with E-state index in [9.17, 15) is 4.79 Å². The van der Waals surface area contributed by atoms with Gasteiger partial charge < -0.3 is 25.2 Å². The molecular formula is C27H36N2O4. The van der Waals surface area contributed by atoms with E-state index >= 15 is 0 Å². The van der Waals surface area contributed by atoms with Gasteiger partial charge in [-0.05, 0) is 68.2 Å². The Labute approximate surface area is 196 Å². The zero-order chi connectivity index (χ0) is 22.9. The Morgan fingerprint density at radius 1 is 1.00 bits per heavy atom. The number of carbonyl (C=O) groups is 1. The normalized spacial score (nSPS) is 25.5. The van der Waals surface area contributed by atoms with Crippen molar-refractivity contribution in [1.29, 1.82) is 0 Å². The van der Waals surface area contributed by atoms with Gasteiger partial charge in [0, 0.05) is 18.6 Å². The van der Waals surface area contributed by atoms with Crippen LogP contribution in [0.1, 0.15) is 55.6 Å². The van der Waals surface area contributed by atoms with Crippen molar-refractivity contribution in [2.45, 2.75) is 69.2 Å². The highest BCUT2D eigenvalue weighted by atomic mass is 16.5. The molecule has 0 unspecified atom stereocenters. The number of nitrogens with one attached hydrogen (secondary N) is 2. The number of para-hydroxylation sites is 1. The molecule has 6 heteroatoms. The maximum Gasteiger partial charge on any atom is 0.341 e. The maximum absolute atomic E-state index is 10.9. The summed E-state index contributed by atoms with van der Waals surface area (Å²) in [6, 6.07) is 19.2. The molecule has 0 bridgehead atoms. The van der Waals surface area contributed by atoms with Crippen LogP contribution in [0.25, 0.3) is 0 Å². The average molecular weight is 453 g/mol. The summed E-state index contributed by atoms with van der Waals surface area (Å²) in [5.41, 5.74) is 2.44. The highest BCUT2D eigenvalue weighted by Gasteiger charge is 2.28. The Morgan fingerprint density at radius 2 is 1.76 bits per heavy atom. The lowest BCUT2D eigenvalue weighted by Gasteiger charge is -2.35. The van der Waals surface area contributed by atoms with E-state index in [1.54, 1.807) is 0 Å². The minimum absolute atomic E-state index is 0.284. The molecule has 1 aliphatic heterocycles. The summed E-state index contributed by atoms with van der Waals surface area (Å²) in [6.45, 7) is 2.37. The van der Waals surface area contributed by atoms with E-state index in [4.69, 9.17) is 14.6 Å². The van der Waals surface area contributed by atoms with Crippen LogP contribution < -0.4 is 15.4 Å². The number of benzene rings is 2. The average Bonchev–Trinajstić information content (AvgIpc) is 2.86. The van der Waals surface area contributed by atoms with Gasteiger partial charge in [0.25, 0.3) is 0 Å². The molecule has 1 heterocycles. The Bertz CT molecular complexity index is 867. The number of aliphatic carboxylic acids is 1. The predicted octanol–water partition coefficient (Wildman–Crippen LogP) is 4.10. The predicted molar refractivity (Wildman–Crippen MR) is 129 cm³/mol. The van der Waals surface area contributed by atoms with Crippen LogP contribution in [0.2, 0.25) is 0 Å². The lowest BCUT2D eigenvalue weighted by atomic mass is 9.82. The second-order valence-corrected chi connectivity index (χ2v) is 9.20. The quantitative estimate of drug-likeness (QED) is 0.504. The van der Waals surface area contributed by atoms with Gasteiger partial charge in [0.05, 0.1) is 12.7 Å². The zero-order valence-electron chi connectivity index (χ0n) is 19.2. The summed E-state index contributed by atoms with van der Waals surface area (Å²) in [5.74, 6) is 0.140. The number of piperidine rings is 1. The first-order valence-corrected chi connectivity index (χ1v) is 12.2. The van der Waals surface area contributed by atoms with Crippen molar-refractivity contribution in [3.63, 3.8) is 0 Å². The van der Waals surface area contributed by atoms with Crippen LogP contribution in [0.15, 0.2) is 54.6 Å². The molecule has 3 N–H and O–H groups in total. The molecule has 4 rings (SSSR count). The second kappa shape index (κ2) is 12.2. The summed E-state index contributed by atoms with van der Waals surface area (Å²) < 4.78 is 11.9. The van der Waals surface area contributed by atoms with E-state index < -0.39 is 5.97 Å². The lowest BCUT2D eigenvalue weighted by Crippen LogP contribution is -2.54.